The molecule has 0 aromatic heterocycles. The molecular formula is C18H16ClNO5S. The molecule has 6 nitrogen and oxygen atoms in total. The number of benzene rings is 2. The predicted molar refractivity (Wildman–Crippen MR) is 99.0 cm³/mol. The van der Waals surface area contributed by atoms with E-state index in [4.69, 9.17) is 21.4 Å². The highest BCUT2D eigenvalue weighted by molar-refractivity contribution is 7.92. The molecule has 0 amide bonds. The number of ether oxygens (including phenoxy) is 1. The molecule has 0 unspecified atom stereocenters. The van der Waals surface area contributed by atoms with Crippen molar-refractivity contribution in [2.45, 2.75) is 17.7 Å². The molecule has 2 N–H and O–H groups in total. The van der Waals surface area contributed by atoms with E-state index < -0.39 is 16.0 Å². The summed E-state index contributed by atoms with van der Waals surface area (Å²) in [5, 5.41) is 9.03. The highest BCUT2D eigenvalue weighted by Gasteiger charge is 2.16. The van der Waals surface area contributed by atoms with Gasteiger partial charge in [0, 0.05) is 17.5 Å². The maximum atomic E-state index is 12.6. The van der Waals surface area contributed by atoms with E-state index in [1.165, 1.54) is 37.4 Å². The van der Waals surface area contributed by atoms with Gasteiger partial charge >= 0.3 is 5.97 Å². The molecule has 0 saturated carbocycles. The summed E-state index contributed by atoms with van der Waals surface area (Å²) in [5.41, 5.74) is 0.606. The molecule has 0 aliphatic rings. The lowest BCUT2D eigenvalue weighted by molar-refractivity contribution is -0.136. The predicted octanol–water partition coefficient (Wildman–Crippen LogP) is 3.37. The van der Waals surface area contributed by atoms with Crippen molar-refractivity contribution in [1.29, 1.82) is 0 Å². The van der Waals surface area contributed by atoms with Gasteiger partial charge in [-0.3, -0.25) is 9.52 Å². The van der Waals surface area contributed by atoms with Gasteiger partial charge in [-0.2, -0.15) is 0 Å². The van der Waals surface area contributed by atoms with Crippen LogP contribution in [-0.4, -0.2) is 26.6 Å². The van der Waals surface area contributed by atoms with Gasteiger partial charge in [-0.25, -0.2) is 8.42 Å². The molecule has 0 atom stereocenters. The molecule has 0 spiro atoms. The van der Waals surface area contributed by atoms with E-state index in [1.807, 2.05) is 0 Å². The number of nitrogens with one attached hydrogen (secondary N) is 1. The summed E-state index contributed by atoms with van der Waals surface area (Å²) in [6, 6.07) is 10.6. The molecule has 26 heavy (non-hydrogen) atoms. The standard InChI is InChI=1S/C18H16ClNO5S/c1-25-15-6-4-7-16(12-15)26(23,24)20-17-10-9-14(19)11-13(17)5-2-3-8-18(21)22/h4,6-7,9-12,20H,3,8H2,1H3,(H,21,22). The molecule has 0 bridgehead atoms. The van der Waals surface area contributed by atoms with Crippen molar-refractivity contribution >= 4 is 33.3 Å². The lowest BCUT2D eigenvalue weighted by atomic mass is 10.2. The fourth-order valence-corrected chi connectivity index (χ4v) is 3.29. The average Bonchev–Trinajstić information content (AvgIpc) is 2.60. The Morgan fingerprint density at radius 3 is 2.73 bits per heavy atom. The van der Waals surface area contributed by atoms with Gasteiger partial charge in [0.15, 0.2) is 0 Å². The number of carboxylic acids is 1. The quantitative estimate of drug-likeness (QED) is 0.734. The first kappa shape index (κ1) is 19.6. The van der Waals surface area contributed by atoms with Crippen LogP contribution in [0.2, 0.25) is 5.02 Å². The highest BCUT2D eigenvalue weighted by Crippen LogP contribution is 2.24. The van der Waals surface area contributed by atoms with Crippen molar-refractivity contribution in [3.8, 4) is 17.6 Å². The Morgan fingerprint density at radius 2 is 2.04 bits per heavy atom. The third-order valence-corrected chi connectivity index (χ3v) is 4.86. The zero-order valence-electron chi connectivity index (χ0n) is 13.8. The first-order valence-electron chi connectivity index (χ1n) is 7.49. The molecule has 2 aromatic carbocycles. The molecule has 8 heteroatoms. The number of carbonyl (C=O) groups is 1. The van der Waals surface area contributed by atoms with Crippen molar-refractivity contribution in [3.63, 3.8) is 0 Å². The number of halogens is 1. The number of carboxylic acid groups (broad SMARTS) is 1. The number of hydrogen-bond donors (Lipinski definition) is 2. The molecule has 0 fully saturated rings. The Morgan fingerprint density at radius 1 is 1.27 bits per heavy atom. The number of methoxy groups -OCH3 is 1. The van der Waals surface area contributed by atoms with Crippen LogP contribution in [-0.2, 0) is 14.8 Å². The van der Waals surface area contributed by atoms with Crippen LogP contribution < -0.4 is 9.46 Å². The SMILES string of the molecule is COc1cccc(S(=O)(=O)Nc2ccc(Cl)cc2C#CCCC(=O)O)c1. The molecular weight excluding hydrogens is 378 g/mol. The lowest BCUT2D eigenvalue weighted by Crippen LogP contribution is -2.14. The second-order valence-corrected chi connectivity index (χ2v) is 7.29. The number of aliphatic carboxylic acids is 1. The van der Waals surface area contributed by atoms with Crippen LogP contribution in [0.15, 0.2) is 47.4 Å². The van der Waals surface area contributed by atoms with Crippen molar-refractivity contribution in [3.05, 3.63) is 53.1 Å². The molecule has 2 rings (SSSR count). The summed E-state index contributed by atoms with van der Waals surface area (Å²) < 4.78 is 32.7. The minimum atomic E-state index is -3.86. The monoisotopic (exact) mass is 393 g/mol. The van der Waals surface area contributed by atoms with Gasteiger partial charge in [-0.1, -0.05) is 29.5 Å². The molecule has 0 aliphatic carbocycles. The third kappa shape index (κ3) is 5.41. The summed E-state index contributed by atoms with van der Waals surface area (Å²) in [5.74, 6) is 4.92. The Balaban J connectivity index is 2.31. The van der Waals surface area contributed by atoms with E-state index in [-0.39, 0.29) is 23.4 Å². The van der Waals surface area contributed by atoms with E-state index in [9.17, 15) is 13.2 Å². The second-order valence-electron chi connectivity index (χ2n) is 5.17. The number of rotatable bonds is 6. The van der Waals surface area contributed by atoms with Gasteiger partial charge in [0.25, 0.3) is 10.0 Å². The topological polar surface area (TPSA) is 92.7 Å². The Labute approximate surface area is 156 Å². The summed E-state index contributed by atoms with van der Waals surface area (Å²) in [6.07, 6.45) is 0.0440. The number of anilines is 1. The van der Waals surface area contributed by atoms with Gasteiger partial charge < -0.3 is 9.84 Å². The van der Waals surface area contributed by atoms with Crippen molar-refractivity contribution in [1.82, 2.24) is 0 Å². The first-order valence-corrected chi connectivity index (χ1v) is 9.35. The van der Waals surface area contributed by atoms with Gasteiger partial charge in [0.1, 0.15) is 5.75 Å². The van der Waals surface area contributed by atoms with Crippen molar-refractivity contribution in [2.24, 2.45) is 0 Å². The van der Waals surface area contributed by atoms with E-state index in [0.717, 1.165) is 0 Å². The largest absolute Gasteiger partial charge is 0.497 e. The number of sulfonamides is 1. The highest BCUT2D eigenvalue weighted by atomic mass is 35.5. The van der Waals surface area contributed by atoms with Crippen LogP contribution >= 0.6 is 11.6 Å². The van der Waals surface area contributed by atoms with E-state index >= 15 is 0 Å². The summed E-state index contributed by atoms with van der Waals surface area (Å²) >= 11 is 5.95. The van der Waals surface area contributed by atoms with Crippen LogP contribution in [0.5, 0.6) is 5.75 Å². The Kier molecular flexibility index (Phi) is 6.50. The van der Waals surface area contributed by atoms with Crippen LogP contribution in [0.4, 0.5) is 5.69 Å². The van der Waals surface area contributed by atoms with E-state index in [0.29, 0.717) is 16.3 Å². The molecule has 0 aliphatic heterocycles. The van der Waals surface area contributed by atoms with Crippen molar-refractivity contribution in [2.75, 3.05) is 11.8 Å². The summed E-state index contributed by atoms with van der Waals surface area (Å²) in [4.78, 5) is 10.6. The maximum absolute atomic E-state index is 12.6. The smallest absolute Gasteiger partial charge is 0.304 e. The molecule has 0 saturated heterocycles. The minimum absolute atomic E-state index is 0.0385. The Hall–Kier alpha value is -2.69. The second kappa shape index (κ2) is 8.61. The first-order chi connectivity index (χ1) is 12.3. The fraction of sp³-hybridized carbons (Fsp3) is 0.167. The van der Waals surface area contributed by atoms with Crippen LogP contribution in [0.3, 0.4) is 0 Å². The normalized spacial score (nSPS) is 10.5. The molecule has 0 radical (unpaired) electrons. The van der Waals surface area contributed by atoms with Crippen LogP contribution in [0.25, 0.3) is 0 Å². The zero-order valence-corrected chi connectivity index (χ0v) is 15.4. The molecule has 136 valence electrons. The lowest BCUT2D eigenvalue weighted by Gasteiger charge is -2.11. The fourth-order valence-electron chi connectivity index (χ4n) is 2.01. The summed E-state index contributed by atoms with van der Waals surface area (Å²) in [7, 11) is -2.41. The number of hydrogen-bond acceptors (Lipinski definition) is 4. The van der Waals surface area contributed by atoms with Gasteiger partial charge in [-0.15, -0.1) is 0 Å². The molecule has 2 aromatic rings. The Bertz CT molecular complexity index is 977. The average molecular weight is 394 g/mol. The minimum Gasteiger partial charge on any atom is -0.497 e. The van der Waals surface area contributed by atoms with Crippen LogP contribution in [0.1, 0.15) is 18.4 Å². The van der Waals surface area contributed by atoms with Gasteiger partial charge in [0.2, 0.25) is 0 Å². The van der Waals surface area contributed by atoms with Gasteiger partial charge in [0.05, 0.1) is 29.7 Å². The summed E-state index contributed by atoms with van der Waals surface area (Å²) in [6.45, 7) is 0. The van der Waals surface area contributed by atoms with Crippen molar-refractivity contribution < 1.29 is 23.1 Å². The zero-order chi connectivity index (χ0) is 19.2. The van der Waals surface area contributed by atoms with Gasteiger partial charge in [-0.05, 0) is 30.3 Å². The third-order valence-electron chi connectivity index (χ3n) is 3.26. The maximum Gasteiger partial charge on any atom is 0.304 e. The van der Waals surface area contributed by atoms with Crippen LogP contribution in [0, 0.1) is 11.8 Å². The van der Waals surface area contributed by atoms with E-state index in [1.54, 1.807) is 12.1 Å². The molecule has 0 heterocycles. The van der Waals surface area contributed by atoms with E-state index in [2.05, 4.69) is 16.6 Å².